The number of aliphatic hydroxyl groups is 2. The van der Waals surface area contributed by atoms with Gasteiger partial charge in [0.05, 0.1) is 29.4 Å². The summed E-state index contributed by atoms with van der Waals surface area (Å²) in [6, 6.07) is 13.9. The quantitative estimate of drug-likeness (QED) is 0.183. The van der Waals surface area contributed by atoms with Crippen molar-refractivity contribution in [2.45, 2.75) is 62.4 Å². The van der Waals surface area contributed by atoms with Crippen LogP contribution in [0.3, 0.4) is 0 Å². The van der Waals surface area contributed by atoms with Gasteiger partial charge in [0.15, 0.2) is 17.9 Å². The molecule has 1 unspecified atom stereocenters. The number of nitrogens with one attached hydrogen (secondary N) is 1. The number of ether oxygens (including phenoxy) is 3. The van der Waals surface area contributed by atoms with E-state index in [1.165, 1.54) is 12.1 Å². The third-order valence-electron chi connectivity index (χ3n) is 8.41. The molecular weight excluding hydrogens is 572 g/mol. The van der Waals surface area contributed by atoms with Crippen molar-refractivity contribution >= 4 is 23.3 Å². The van der Waals surface area contributed by atoms with Crippen LogP contribution >= 0.6 is 0 Å². The van der Waals surface area contributed by atoms with Crippen molar-refractivity contribution in [3.63, 3.8) is 0 Å². The van der Waals surface area contributed by atoms with Crippen LogP contribution in [0.25, 0.3) is 0 Å². The summed E-state index contributed by atoms with van der Waals surface area (Å²) in [7, 11) is 0. The first-order chi connectivity index (χ1) is 21.0. The van der Waals surface area contributed by atoms with Gasteiger partial charge in [-0.15, -0.1) is 0 Å². The molecule has 6 atom stereocenters. The topological polar surface area (TPSA) is 198 Å². The highest BCUT2D eigenvalue weighted by Crippen LogP contribution is 2.51. The number of aliphatic hydroxyl groups excluding tert-OH is 1. The Balaban J connectivity index is 1.38. The van der Waals surface area contributed by atoms with Gasteiger partial charge in [0.2, 0.25) is 0 Å². The molecule has 0 bridgehead atoms. The first-order valence-corrected chi connectivity index (χ1v) is 14.2. The minimum atomic E-state index is -1.84. The Morgan fingerprint density at radius 1 is 1.02 bits per heavy atom. The second-order valence-corrected chi connectivity index (χ2v) is 11.5. The fourth-order valence-corrected chi connectivity index (χ4v) is 6.22. The van der Waals surface area contributed by atoms with E-state index in [0.717, 1.165) is 0 Å². The van der Waals surface area contributed by atoms with Crippen molar-refractivity contribution < 1.29 is 49.0 Å². The fraction of sp³-hybridized carbons (Fsp3) is 0.344. The maximum Gasteiger partial charge on any atom is 0.411 e. The zero-order valence-electron chi connectivity index (χ0n) is 23.7. The number of fused-ring (bicyclic) bond motifs is 3. The van der Waals surface area contributed by atoms with Crippen LogP contribution in [-0.4, -0.2) is 74.8 Å². The molecule has 1 aliphatic heterocycles. The van der Waals surface area contributed by atoms with Gasteiger partial charge in [-0.25, -0.2) is 4.79 Å². The second kappa shape index (κ2) is 11.3. The van der Waals surface area contributed by atoms with Crippen molar-refractivity contribution in [1.82, 2.24) is 0 Å². The standard InChI is InChI=1S/C32H32N2O10/c1-15-26(35)20(33)11-22(43-15)44-21-13-32(41,14-42-31(40)34-16-7-3-2-4-8-16)12-19-23(21)30(39)25-24(29(19)38)27(36)17-9-5-6-10-18(17)28(25)37/h2-10,15,20-22,26,35,38-39,41H,11-14,33H2,1H3,(H,34,40)/t15-,20-,21-,22?,26-,32-/m0/s1. The van der Waals surface area contributed by atoms with Crippen LogP contribution in [0, 0.1) is 0 Å². The Kier molecular flexibility index (Phi) is 7.64. The van der Waals surface area contributed by atoms with E-state index >= 15 is 0 Å². The molecule has 0 radical (unpaired) electrons. The molecule has 1 fully saturated rings. The molecule has 1 heterocycles. The van der Waals surface area contributed by atoms with Crippen LogP contribution in [0.4, 0.5) is 10.5 Å². The zero-order valence-corrected chi connectivity index (χ0v) is 23.7. The Morgan fingerprint density at radius 3 is 2.27 bits per heavy atom. The van der Waals surface area contributed by atoms with Crippen LogP contribution < -0.4 is 11.1 Å². The number of anilines is 1. The number of phenols is 2. The zero-order chi connectivity index (χ0) is 31.3. The van der Waals surface area contributed by atoms with Crippen LogP contribution in [0.15, 0.2) is 54.6 Å². The lowest BCUT2D eigenvalue weighted by Crippen LogP contribution is -2.52. The number of rotatable bonds is 5. The number of hydrogen-bond acceptors (Lipinski definition) is 11. The van der Waals surface area contributed by atoms with Crippen LogP contribution in [-0.2, 0) is 20.6 Å². The van der Waals surface area contributed by atoms with Gasteiger partial charge >= 0.3 is 6.09 Å². The number of para-hydroxylation sites is 1. The molecule has 7 N–H and O–H groups in total. The Morgan fingerprint density at radius 2 is 1.64 bits per heavy atom. The van der Waals surface area contributed by atoms with Gasteiger partial charge in [-0.1, -0.05) is 42.5 Å². The summed E-state index contributed by atoms with van der Waals surface area (Å²) in [6.07, 6.45) is -5.23. The molecule has 3 aromatic carbocycles. The Labute approximate surface area is 252 Å². The van der Waals surface area contributed by atoms with Gasteiger partial charge in [-0.3, -0.25) is 14.9 Å². The van der Waals surface area contributed by atoms with Gasteiger partial charge in [0, 0.05) is 53.2 Å². The molecule has 44 heavy (non-hydrogen) atoms. The molecule has 2 aliphatic carbocycles. The average molecular weight is 605 g/mol. The van der Waals surface area contributed by atoms with Crippen molar-refractivity contribution in [3.05, 3.63) is 88.0 Å². The lowest BCUT2D eigenvalue weighted by atomic mass is 9.73. The molecular formula is C32H32N2O10. The lowest BCUT2D eigenvalue weighted by Gasteiger charge is -2.42. The monoisotopic (exact) mass is 604 g/mol. The maximum absolute atomic E-state index is 13.5. The number of carbonyl (C=O) groups excluding carboxylic acids is 3. The van der Waals surface area contributed by atoms with Gasteiger partial charge < -0.3 is 40.4 Å². The largest absolute Gasteiger partial charge is 0.507 e. The summed E-state index contributed by atoms with van der Waals surface area (Å²) in [6.45, 7) is 1.07. The van der Waals surface area contributed by atoms with E-state index in [1.807, 2.05) is 0 Å². The number of nitrogens with two attached hydrogens (primary N) is 1. The average Bonchev–Trinajstić information content (AvgIpc) is 3.00. The van der Waals surface area contributed by atoms with Gasteiger partial charge in [0.1, 0.15) is 23.7 Å². The molecule has 3 aliphatic rings. The van der Waals surface area contributed by atoms with Crippen molar-refractivity contribution in [2.24, 2.45) is 5.73 Å². The van der Waals surface area contributed by atoms with E-state index in [4.69, 9.17) is 19.9 Å². The van der Waals surface area contributed by atoms with E-state index in [2.05, 4.69) is 5.32 Å². The molecule has 230 valence electrons. The minimum absolute atomic E-state index is 0.00357. The minimum Gasteiger partial charge on any atom is -0.507 e. The van der Waals surface area contributed by atoms with Crippen molar-refractivity contribution in [1.29, 1.82) is 0 Å². The van der Waals surface area contributed by atoms with Gasteiger partial charge in [-0.2, -0.15) is 0 Å². The summed E-state index contributed by atoms with van der Waals surface area (Å²) in [5.74, 6) is -2.48. The van der Waals surface area contributed by atoms with E-state index in [9.17, 15) is 34.8 Å². The van der Waals surface area contributed by atoms with Gasteiger partial charge in [-0.05, 0) is 19.1 Å². The maximum atomic E-state index is 13.5. The van der Waals surface area contributed by atoms with E-state index in [1.54, 1.807) is 49.4 Å². The summed E-state index contributed by atoms with van der Waals surface area (Å²) in [5, 5.41) is 47.6. The highest BCUT2D eigenvalue weighted by molar-refractivity contribution is 6.30. The fourth-order valence-electron chi connectivity index (χ4n) is 6.22. The molecule has 0 aromatic heterocycles. The summed E-state index contributed by atoms with van der Waals surface area (Å²) >= 11 is 0. The van der Waals surface area contributed by atoms with E-state index in [0.29, 0.717) is 5.69 Å². The predicted molar refractivity (Wildman–Crippen MR) is 155 cm³/mol. The van der Waals surface area contributed by atoms with Crippen molar-refractivity contribution in [3.8, 4) is 11.5 Å². The molecule has 12 nitrogen and oxygen atoms in total. The third kappa shape index (κ3) is 5.20. The molecule has 6 rings (SSSR count). The number of aromatic hydroxyl groups is 2. The smallest absolute Gasteiger partial charge is 0.411 e. The first-order valence-electron chi connectivity index (χ1n) is 14.2. The second-order valence-electron chi connectivity index (χ2n) is 11.5. The predicted octanol–water partition coefficient (Wildman–Crippen LogP) is 2.68. The SMILES string of the molecule is C[C@@H]1OC(O[C@H]2C[C@](O)(COC(=O)Nc3ccccc3)Cc3c(O)c4c(c(O)c32)C(=O)c2ccccc2C4=O)C[C@H](N)[C@H]1O. The van der Waals surface area contributed by atoms with Crippen LogP contribution in [0.1, 0.15) is 68.8 Å². The third-order valence-corrected chi connectivity index (χ3v) is 8.41. The Bertz CT molecular complexity index is 1630. The molecule has 3 aromatic rings. The number of benzene rings is 3. The van der Waals surface area contributed by atoms with Crippen LogP contribution in [0.5, 0.6) is 11.5 Å². The van der Waals surface area contributed by atoms with Gasteiger partial charge in [0.25, 0.3) is 0 Å². The number of phenolic OH excluding ortho intramolecular Hbond substituents is 2. The molecule has 12 heteroatoms. The summed E-state index contributed by atoms with van der Waals surface area (Å²) < 4.78 is 17.4. The lowest BCUT2D eigenvalue weighted by molar-refractivity contribution is -0.248. The highest BCUT2D eigenvalue weighted by atomic mass is 16.7. The summed E-state index contributed by atoms with van der Waals surface area (Å²) in [5.41, 5.74) is 4.06. The van der Waals surface area contributed by atoms with E-state index in [-0.39, 0.29) is 52.6 Å². The highest BCUT2D eigenvalue weighted by Gasteiger charge is 2.48. The summed E-state index contributed by atoms with van der Waals surface area (Å²) in [4.78, 5) is 39.6. The number of amides is 1. The molecule has 1 saturated heterocycles. The molecule has 0 spiro atoms. The first kappa shape index (κ1) is 29.7. The number of ketones is 2. The normalized spacial score (nSPS) is 27.6. The number of carbonyl (C=O) groups is 3. The Hall–Kier alpha value is -4.33. The van der Waals surface area contributed by atoms with E-state index < -0.39 is 72.0 Å². The molecule has 1 amide bonds. The van der Waals surface area contributed by atoms with Crippen LogP contribution in [0.2, 0.25) is 0 Å². The number of hydrogen-bond donors (Lipinski definition) is 6. The van der Waals surface area contributed by atoms with Crippen molar-refractivity contribution in [2.75, 3.05) is 11.9 Å². The molecule has 0 saturated carbocycles.